The quantitative estimate of drug-likeness (QED) is 0.893. The van der Waals surface area contributed by atoms with Crippen molar-refractivity contribution in [1.82, 2.24) is 0 Å². The van der Waals surface area contributed by atoms with Crippen LogP contribution in [0.4, 0.5) is 0 Å². The van der Waals surface area contributed by atoms with Crippen molar-refractivity contribution in [3.8, 4) is 0 Å². The van der Waals surface area contributed by atoms with Crippen LogP contribution in [-0.4, -0.2) is 6.54 Å². The molecule has 0 saturated carbocycles. The lowest BCUT2D eigenvalue weighted by Gasteiger charge is -2.28. The van der Waals surface area contributed by atoms with Crippen molar-refractivity contribution in [2.75, 3.05) is 6.54 Å². The maximum Gasteiger partial charge on any atom is 0.0408 e. The lowest BCUT2D eigenvalue weighted by molar-refractivity contribution is 0.485. The van der Waals surface area contributed by atoms with Crippen molar-refractivity contribution >= 4 is 22.9 Å². The highest BCUT2D eigenvalue weighted by molar-refractivity contribution is 7.09. The fraction of sp³-hybridized carbons (Fsp3) is 0.286. The molecule has 0 aliphatic rings. The summed E-state index contributed by atoms with van der Waals surface area (Å²) >= 11 is 7.83. The lowest BCUT2D eigenvalue weighted by Crippen LogP contribution is -2.33. The summed E-state index contributed by atoms with van der Waals surface area (Å²) in [5, 5.41) is 2.87. The second-order valence-corrected chi connectivity index (χ2v) is 6.00. The average molecular weight is 266 g/mol. The Morgan fingerprint density at radius 2 is 2.12 bits per heavy atom. The van der Waals surface area contributed by atoms with Crippen LogP contribution in [0, 0.1) is 0 Å². The second kappa shape index (κ2) is 5.21. The van der Waals surface area contributed by atoms with E-state index in [9.17, 15) is 0 Å². The molecule has 0 radical (unpaired) electrons. The fourth-order valence-corrected chi connectivity index (χ4v) is 3.03. The van der Waals surface area contributed by atoms with Crippen LogP contribution in [-0.2, 0) is 11.8 Å². The Bertz CT molecular complexity index is 481. The molecule has 1 atom stereocenters. The topological polar surface area (TPSA) is 26.0 Å². The summed E-state index contributed by atoms with van der Waals surface area (Å²) in [7, 11) is 0. The predicted molar refractivity (Wildman–Crippen MR) is 75.9 cm³/mol. The summed E-state index contributed by atoms with van der Waals surface area (Å²) in [4.78, 5) is 1.36. The molecule has 1 aromatic heterocycles. The van der Waals surface area contributed by atoms with Crippen LogP contribution < -0.4 is 5.73 Å². The van der Waals surface area contributed by atoms with Crippen LogP contribution in [0.2, 0.25) is 5.02 Å². The Morgan fingerprint density at radius 3 is 2.71 bits per heavy atom. The van der Waals surface area contributed by atoms with Crippen molar-refractivity contribution < 1.29 is 0 Å². The van der Waals surface area contributed by atoms with Gasteiger partial charge in [-0.2, -0.15) is 0 Å². The molecular weight excluding hydrogens is 250 g/mol. The third-order valence-corrected chi connectivity index (χ3v) is 4.23. The minimum atomic E-state index is -0.0459. The van der Waals surface area contributed by atoms with E-state index in [1.54, 1.807) is 11.3 Å². The molecule has 0 spiro atoms. The zero-order valence-corrected chi connectivity index (χ0v) is 11.4. The molecule has 0 aliphatic carbocycles. The van der Waals surface area contributed by atoms with E-state index in [0.29, 0.717) is 6.54 Å². The molecule has 1 heterocycles. The molecule has 0 saturated heterocycles. The summed E-state index contributed by atoms with van der Waals surface area (Å²) in [5.41, 5.74) is 7.13. The van der Waals surface area contributed by atoms with Crippen LogP contribution in [0.5, 0.6) is 0 Å². The number of hydrogen-bond donors (Lipinski definition) is 1. The fourth-order valence-electron chi connectivity index (χ4n) is 1.95. The SMILES string of the molecule is CC(CN)(Cc1cccs1)c1cccc(Cl)c1. The maximum atomic E-state index is 6.05. The van der Waals surface area contributed by atoms with Gasteiger partial charge < -0.3 is 5.73 Å². The average Bonchev–Trinajstić information content (AvgIpc) is 2.81. The summed E-state index contributed by atoms with van der Waals surface area (Å²) in [6.07, 6.45) is 0.960. The Hall–Kier alpha value is -0.830. The molecule has 0 bridgehead atoms. The van der Waals surface area contributed by atoms with Crippen molar-refractivity contribution in [1.29, 1.82) is 0 Å². The van der Waals surface area contributed by atoms with Crippen molar-refractivity contribution in [3.05, 3.63) is 57.2 Å². The molecule has 0 amide bonds. The van der Waals surface area contributed by atoms with E-state index < -0.39 is 0 Å². The molecular formula is C14H16ClNS. The van der Waals surface area contributed by atoms with E-state index in [4.69, 9.17) is 17.3 Å². The Morgan fingerprint density at radius 1 is 1.29 bits per heavy atom. The second-order valence-electron chi connectivity index (χ2n) is 4.53. The molecule has 1 aromatic carbocycles. The first-order chi connectivity index (χ1) is 8.14. The minimum Gasteiger partial charge on any atom is -0.330 e. The number of benzene rings is 1. The van der Waals surface area contributed by atoms with Gasteiger partial charge in [0.1, 0.15) is 0 Å². The third kappa shape index (κ3) is 2.89. The van der Waals surface area contributed by atoms with Gasteiger partial charge in [0.25, 0.3) is 0 Å². The Labute approximate surface area is 111 Å². The number of thiophene rings is 1. The molecule has 0 fully saturated rings. The van der Waals surface area contributed by atoms with Gasteiger partial charge in [0.05, 0.1) is 0 Å². The van der Waals surface area contributed by atoms with Gasteiger partial charge in [-0.3, -0.25) is 0 Å². The first kappa shape index (κ1) is 12.6. The zero-order chi connectivity index (χ0) is 12.3. The largest absolute Gasteiger partial charge is 0.330 e. The monoisotopic (exact) mass is 265 g/mol. The van der Waals surface area contributed by atoms with Gasteiger partial charge in [-0.25, -0.2) is 0 Å². The zero-order valence-electron chi connectivity index (χ0n) is 9.82. The molecule has 1 unspecified atom stereocenters. The third-order valence-electron chi connectivity index (χ3n) is 3.12. The summed E-state index contributed by atoms with van der Waals surface area (Å²) in [6.45, 7) is 2.81. The van der Waals surface area contributed by atoms with Crippen LogP contribution in [0.1, 0.15) is 17.4 Å². The van der Waals surface area contributed by atoms with Gasteiger partial charge in [-0.05, 0) is 35.6 Å². The molecule has 2 N–H and O–H groups in total. The molecule has 1 nitrogen and oxygen atoms in total. The molecule has 0 aliphatic heterocycles. The van der Waals surface area contributed by atoms with Crippen molar-refractivity contribution in [2.24, 2.45) is 5.73 Å². The Kier molecular flexibility index (Phi) is 3.87. The molecule has 2 aromatic rings. The summed E-state index contributed by atoms with van der Waals surface area (Å²) in [5.74, 6) is 0. The smallest absolute Gasteiger partial charge is 0.0408 e. The van der Waals surface area contributed by atoms with E-state index in [2.05, 4.69) is 30.5 Å². The van der Waals surface area contributed by atoms with E-state index in [1.807, 2.05) is 18.2 Å². The number of rotatable bonds is 4. The van der Waals surface area contributed by atoms with Gasteiger partial charge in [-0.1, -0.05) is 36.7 Å². The van der Waals surface area contributed by atoms with Gasteiger partial charge in [0.15, 0.2) is 0 Å². The number of nitrogens with two attached hydrogens (primary N) is 1. The first-order valence-electron chi connectivity index (χ1n) is 5.62. The highest BCUT2D eigenvalue weighted by atomic mass is 35.5. The van der Waals surface area contributed by atoms with E-state index in [0.717, 1.165) is 11.4 Å². The number of hydrogen-bond acceptors (Lipinski definition) is 2. The van der Waals surface area contributed by atoms with Crippen LogP contribution in [0.15, 0.2) is 41.8 Å². The Balaban J connectivity index is 2.30. The standard InChI is InChI=1S/C14H16ClNS/c1-14(10-16,9-13-6-3-7-17-13)11-4-2-5-12(15)8-11/h2-8H,9-10,16H2,1H3. The molecule has 17 heavy (non-hydrogen) atoms. The van der Waals surface area contributed by atoms with Gasteiger partial charge in [0, 0.05) is 21.9 Å². The molecule has 2 rings (SSSR count). The summed E-state index contributed by atoms with van der Waals surface area (Å²) < 4.78 is 0. The number of halogens is 1. The highest BCUT2D eigenvalue weighted by Crippen LogP contribution is 2.30. The van der Waals surface area contributed by atoms with Crippen LogP contribution >= 0.6 is 22.9 Å². The van der Waals surface area contributed by atoms with Crippen LogP contribution in [0.25, 0.3) is 0 Å². The maximum absolute atomic E-state index is 6.05. The molecule has 90 valence electrons. The van der Waals surface area contributed by atoms with Crippen LogP contribution in [0.3, 0.4) is 0 Å². The predicted octanol–water partition coefficient (Wildman–Crippen LogP) is 3.86. The van der Waals surface area contributed by atoms with E-state index in [-0.39, 0.29) is 5.41 Å². The highest BCUT2D eigenvalue weighted by Gasteiger charge is 2.26. The summed E-state index contributed by atoms with van der Waals surface area (Å²) in [6, 6.07) is 12.2. The van der Waals surface area contributed by atoms with Gasteiger partial charge in [-0.15, -0.1) is 11.3 Å². The minimum absolute atomic E-state index is 0.0459. The van der Waals surface area contributed by atoms with E-state index >= 15 is 0 Å². The van der Waals surface area contributed by atoms with Crippen molar-refractivity contribution in [3.63, 3.8) is 0 Å². The normalized spacial score (nSPS) is 14.5. The first-order valence-corrected chi connectivity index (χ1v) is 6.88. The van der Waals surface area contributed by atoms with E-state index in [1.165, 1.54) is 10.4 Å². The lowest BCUT2D eigenvalue weighted by atomic mass is 9.79. The van der Waals surface area contributed by atoms with Crippen molar-refractivity contribution in [2.45, 2.75) is 18.8 Å². The van der Waals surface area contributed by atoms with Gasteiger partial charge >= 0.3 is 0 Å². The molecule has 3 heteroatoms. The van der Waals surface area contributed by atoms with Gasteiger partial charge in [0.2, 0.25) is 0 Å².